The lowest BCUT2D eigenvalue weighted by Gasteiger charge is -2.35. The van der Waals surface area contributed by atoms with E-state index in [9.17, 15) is 0 Å². The van der Waals surface area contributed by atoms with E-state index in [0.29, 0.717) is 16.8 Å². The first-order valence-electron chi connectivity index (χ1n) is 6.71. The Bertz CT molecular complexity index is 450. The van der Waals surface area contributed by atoms with Gasteiger partial charge in [0.2, 0.25) is 0 Å². The molecule has 0 unspecified atom stereocenters. The third-order valence-electron chi connectivity index (χ3n) is 4.04. The molecule has 5 heteroatoms. The molecule has 0 atom stereocenters. The van der Waals surface area contributed by atoms with Crippen molar-refractivity contribution in [3.8, 4) is 5.75 Å². The fourth-order valence-corrected chi connectivity index (χ4v) is 3.19. The Morgan fingerprint density at radius 1 is 1.26 bits per heavy atom. The molecule has 0 N–H and O–H groups in total. The van der Waals surface area contributed by atoms with Crippen LogP contribution < -0.4 is 4.74 Å². The number of hydrogen-bond donors (Lipinski definition) is 0. The van der Waals surface area contributed by atoms with E-state index >= 15 is 0 Å². The van der Waals surface area contributed by atoms with Crippen molar-refractivity contribution in [1.29, 1.82) is 0 Å². The number of hydrogen-bond acceptors (Lipinski definition) is 4. The van der Waals surface area contributed by atoms with Crippen LogP contribution in [0.2, 0.25) is 5.15 Å². The van der Waals surface area contributed by atoms with Gasteiger partial charge >= 0.3 is 0 Å². The number of aromatic nitrogens is 1. The molecule has 0 radical (unpaired) electrons. The fraction of sp³-hybridized carbons (Fsp3) is 0.643. The normalized spacial score (nSPS) is 22.8. The van der Waals surface area contributed by atoms with Crippen LogP contribution in [-0.2, 0) is 9.47 Å². The minimum atomic E-state index is -0.313. The average molecular weight is 284 g/mol. The van der Waals surface area contributed by atoms with Crippen LogP contribution in [0.3, 0.4) is 0 Å². The number of rotatable bonds is 2. The molecular weight excluding hydrogens is 266 g/mol. The summed E-state index contributed by atoms with van der Waals surface area (Å²) in [6.07, 6.45) is 3.91. The molecule has 1 aromatic heterocycles. The highest BCUT2D eigenvalue weighted by Crippen LogP contribution is 2.42. The molecule has 2 aliphatic rings. The standard InChI is InChI=1S/C14H18ClNO3/c1-17-12-3-2-11(16-13(12)15)10-4-6-14(7-5-10)18-8-9-19-14/h2-3,10H,4-9H2,1H3. The highest BCUT2D eigenvalue weighted by atomic mass is 35.5. The van der Waals surface area contributed by atoms with E-state index in [2.05, 4.69) is 4.98 Å². The lowest BCUT2D eigenvalue weighted by Crippen LogP contribution is -2.34. The van der Waals surface area contributed by atoms with Crippen molar-refractivity contribution in [3.05, 3.63) is 23.0 Å². The molecule has 1 spiro atoms. The Morgan fingerprint density at radius 3 is 2.53 bits per heavy atom. The van der Waals surface area contributed by atoms with Gasteiger partial charge in [0, 0.05) is 24.5 Å². The van der Waals surface area contributed by atoms with Crippen molar-refractivity contribution >= 4 is 11.6 Å². The minimum Gasteiger partial charge on any atom is -0.494 e. The summed E-state index contributed by atoms with van der Waals surface area (Å²) in [7, 11) is 1.60. The van der Waals surface area contributed by atoms with Gasteiger partial charge in [-0.15, -0.1) is 0 Å². The van der Waals surface area contributed by atoms with Crippen LogP contribution in [0, 0.1) is 0 Å². The molecule has 0 aromatic carbocycles. The first-order chi connectivity index (χ1) is 9.22. The fourth-order valence-electron chi connectivity index (χ4n) is 2.95. The number of methoxy groups -OCH3 is 1. The second-order valence-electron chi connectivity index (χ2n) is 5.11. The molecule has 0 amide bonds. The highest BCUT2D eigenvalue weighted by Gasteiger charge is 2.40. The van der Waals surface area contributed by atoms with Crippen LogP contribution in [0.15, 0.2) is 12.1 Å². The smallest absolute Gasteiger partial charge is 0.171 e. The van der Waals surface area contributed by atoms with Crippen molar-refractivity contribution in [1.82, 2.24) is 4.98 Å². The summed E-state index contributed by atoms with van der Waals surface area (Å²) >= 11 is 6.08. The van der Waals surface area contributed by atoms with Gasteiger partial charge in [-0.05, 0) is 25.0 Å². The van der Waals surface area contributed by atoms with Crippen molar-refractivity contribution in [2.45, 2.75) is 37.4 Å². The second kappa shape index (κ2) is 5.27. The monoisotopic (exact) mass is 283 g/mol. The van der Waals surface area contributed by atoms with Crippen molar-refractivity contribution < 1.29 is 14.2 Å². The first-order valence-corrected chi connectivity index (χ1v) is 7.09. The summed E-state index contributed by atoms with van der Waals surface area (Å²) in [5.74, 6) is 0.745. The summed E-state index contributed by atoms with van der Waals surface area (Å²) in [4.78, 5) is 4.44. The van der Waals surface area contributed by atoms with E-state index in [1.54, 1.807) is 7.11 Å². The summed E-state index contributed by atoms with van der Waals surface area (Å²) in [5, 5.41) is 0.439. The van der Waals surface area contributed by atoms with E-state index < -0.39 is 0 Å². The Morgan fingerprint density at radius 2 is 1.95 bits per heavy atom. The molecule has 4 nitrogen and oxygen atoms in total. The third kappa shape index (κ3) is 2.57. The van der Waals surface area contributed by atoms with Gasteiger partial charge in [-0.3, -0.25) is 0 Å². The molecular formula is C14H18ClNO3. The topological polar surface area (TPSA) is 40.6 Å². The first kappa shape index (κ1) is 13.2. The van der Waals surface area contributed by atoms with Crippen molar-refractivity contribution in [2.24, 2.45) is 0 Å². The number of pyridine rings is 1. The molecule has 2 heterocycles. The molecule has 0 bridgehead atoms. The van der Waals surface area contributed by atoms with Crippen LogP contribution in [0.4, 0.5) is 0 Å². The van der Waals surface area contributed by atoms with Crippen LogP contribution in [0.5, 0.6) is 5.75 Å². The predicted molar refractivity (Wildman–Crippen MR) is 71.6 cm³/mol. The molecule has 1 aromatic rings. The van der Waals surface area contributed by atoms with Crippen LogP contribution in [0.1, 0.15) is 37.3 Å². The molecule has 1 aliphatic heterocycles. The molecule has 1 saturated carbocycles. The molecule has 1 aliphatic carbocycles. The maximum Gasteiger partial charge on any atom is 0.171 e. The van der Waals surface area contributed by atoms with Crippen LogP contribution in [-0.4, -0.2) is 31.1 Å². The van der Waals surface area contributed by atoms with Gasteiger partial charge in [0.25, 0.3) is 0 Å². The van der Waals surface area contributed by atoms with E-state index in [-0.39, 0.29) is 5.79 Å². The van der Waals surface area contributed by atoms with Crippen LogP contribution >= 0.6 is 11.6 Å². The molecule has 19 heavy (non-hydrogen) atoms. The quantitative estimate of drug-likeness (QED) is 0.782. The molecule has 2 fully saturated rings. The largest absolute Gasteiger partial charge is 0.494 e. The van der Waals surface area contributed by atoms with Gasteiger partial charge in [0.15, 0.2) is 16.7 Å². The Kier molecular flexibility index (Phi) is 3.65. The molecule has 3 rings (SSSR count). The Balaban J connectivity index is 1.69. The highest BCUT2D eigenvalue weighted by molar-refractivity contribution is 6.30. The predicted octanol–water partition coefficient (Wildman–Crippen LogP) is 3.14. The molecule has 1 saturated heterocycles. The molecule has 104 valence electrons. The van der Waals surface area contributed by atoms with Crippen LogP contribution in [0.25, 0.3) is 0 Å². The Hall–Kier alpha value is -0.840. The number of nitrogens with zero attached hydrogens (tertiary/aromatic N) is 1. The van der Waals surface area contributed by atoms with E-state index in [4.69, 9.17) is 25.8 Å². The van der Waals surface area contributed by atoms with E-state index in [0.717, 1.165) is 44.6 Å². The summed E-state index contributed by atoms with van der Waals surface area (Å²) in [5.41, 5.74) is 1.04. The van der Waals surface area contributed by atoms with Gasteiger partial charge in [-0.25, -0.2) is 4.98 Å². The average Bonchev–Trinajstić information content (AvgIpc) is 2.88. The van der Waals surface area contributed by atoms with Gasteiger partial charge in [-0.2, -0.15) is 0 Å². The van der Waals surface area contributed by atoms with E-state index in [1.165, 1.54) is 0 Å². The number of ether oxygens (including phenoxy) is 3. The number of halogens is 1. The van der Waals surface area contributed by atoms with Gasteiger partial charge in [0.1, 0.15) is 0 Å². The Labute approximate surface area is 118 Å². The third-order valence-corrected chi connectivity index (χ3v) is 4.31. The zero-order valence-electron chi connectivity index (χ0n) is 11.0. The summed E-state index contributed by atoms with van der Waals surface area (Å²) in [6.45, 7) is 1.44. The van der Waals surface area contributed by atoms with Crippen molar-refractivity contribution in [3.63, 3.8) is 0 Å². The van der Waals surface area contributed by atoms with Gasteiger partial charge in [0.05, 0.1) is 20.3 Å². The summed E-state index contributed by atoms with van der Waals surface area (Å²) in [6, 6.07) is 3.89. The second-order valence-corrected chi connectivity index (χ2v) is 5.47. The summed E-state index contributed by atoms with van der Waals surface area (Å²) < 4.78 is 16.6. The van der Waals surface area contributed by atoms with Gasteiger partial charge in [-0.1, -0.05) is 11.6 Å². The lowest BCUT2D eigenvalue weighted by atomic mass is 9.83. The zero-order valence-corrected chi connectivity index (χ0v) is 11.8. The SMILES string of the molecule is COc1ccc(C2CCC3(CC2)OCCO3)nc1Cl. The van der Waals surface area contributed by atoms with Crippen molar-refractivity contribution in [2.75, 3.05) is 20.3 Å². The zero-order chi connectivity index (χ0) is 13.3. The maximum atomic E-state index is 6.08. The minimum absolute atomic E-state index is 0.313. The van der Waals surface area contributed by atoms with Gasteiger partial charge < -0.3 is 14.2 Å². The van der Waals surface area contributed by atoms with E-state index in [1.807, 2.05) is 12.1 Å². The lowest BCUT2D eigenvalue weighted by molar-refractivity contribution is -0.178. The maximum absolute atomic E-state index is 6.08.